The standard InChI is InChI=1S/C11H9F2N3O/c12-8-2-1-7(5-9(8)13)6-11(17)15-10-3-4-14-16-10/h1-5H,6H2,(H2,14,15,16,17). The molecule has 6 heteroatoms. The molecule has 0 aliphatic carbocycles. The Balaban J connectivity index is 2.00. The number of benzene rings is 1. The highest BCUT2D eigenvalue weighted by Crippen LogP contribution is 2.10. The van der Waals surface area contributed by atoms with Crippen molar-refractivity contribution in [2.75, 3.05) is 5.32 Å². The van der Waals surface area contributed by atoms with E-state index >= 15 is 0 Å². The third-order valence-electron chi connectivity index (χ3n) is 2.12. The molecule has 0 saturated heterocycles. The lowest BCUT2D eigenvalue weighted by molar-refractivity contribution is -0.115. The minimum atomic E-state index is -0.961. The van der Waals surface area contributed by atoms with Gasteiger partial charge in [-0.1, -0.05) is 6.07 Å². The summed E-state index contributed by atoms with van der Waals surface area (Å²) in [5.74, 6) is -1.77. The predicted octanol–water partition coefficient (Wildman–Crippen LogP) is 1.87. The van der Waals surface area contributed by atoms with E-state index < -0.39 is 11.6 Å². The van der Waals surface area contributed by atoms with Crippen molar-refractivity contribution in [1.29, 1.82) is 0 Å². The Bertz CT molecular complexity index is 526. The van der Waals surface area contributed by atoms with Crippen molar-refractivity contribution in [2.45, 2.75) is 6.42 Å². The van der Waals surface area contributed by atoms with Gasteiger partial charge in [0, 0.05) is 6.07 Å². The van der Waals surface area contributed by atoms with Crippen molar-refractivity contribution in [3.05, 3.63) is 47.7 Å². The van der Waals surface area contributed by atoms with E-state index in [1.54, 1.807) is 6.07 Å². The minimum absolute atomic E-state index is 0.0315. The molecule has 2 aromatic rings. The van der Waals surface area contributed by atoms with E-state index in [9.17, 15) is 13.6 Å². The third-order valence-corrected chi connectivity index (χ3v) is 2.12. The van der Waals surface area contributed by atoms with Crippen LogP contribution in [-0.4, -0.2) is 16.1 Å². The summed E-state index contributed by atoms with van der Waals surface area (Å²) in [6.07, 6.45) is 1.46. The normalized spacial score (nSPS) is 10.2. The fourth-order valence-electron chi connectivity index (χ4n) is 1.35. The van der Waals surface area contributed by atoms with Gasteiger partial charge in [-0.05, 0) is 17.7 Å². The average Bonchev–Trinajstić information content (AvgIpc) is 2.76. The number of hydrogen-bond acceptors (Lipinski definition) is 2. The highest BCUT2D eigenvalue weighted by Gasteiger charge is 2.07. The van der Waals surface area contributed by atoms with Gasteiger partial charge >= 0.3 is 0 Å². The molecule has 0 bridgehead atoms. The number of anilines is 1. The highest BCUT2D eigenvalue weighted by molar-refractivity contribution is 5.91. The fraction of sp³-hybridized carbons (Fsp3) is 0.0909. The Morgan fingerprint density at radius 2 is 2.12 bits per heavy atom. The van der Waals surface area contributed by atoms with Gasteiger partial charge < -0.3 is 5.32 Å². The second-order valence-electron chi connectivity index (χ2n) is 3.44. The molecule has 0 saturated carbocycles. The molecular weight excluding hydrogens is 228 g/mol. The summed E-state index contributed by atoms with van der Waals surface area (Å²) in [5, 5.41) is 8.75. The van der Waals surface area contributed by atoms with Gasteiger partial charge in [-0.15, -0.1) is 0 Å². The number of aromatic nitrogens is 2. The first kappa shape index (κ1) is 11.3. The van der Waals surface area contributed by atoms with E-state index in [0.29, 0.717) is 11.4 Å². The summed E-state index contributed by atoms with van der Waals surface area (Å²) >= 11 is 0. The molecule has 0 radical (unpaired) electrons. The molecule has 4 nitrogen and oxygen atoms in total. The van der Waals surface area contributed by atoms with E-state index in [-0.39, 0.29) is 12.3 Å². The fourth-order valence-corrected chi connectivity index (χ4v) is 1.35. The first-order valence-electron chi connectivity index (χ1n) is 4.88. The molecule has 0 unspecified atom stereocenters. The maximum atomic E-state index is 12.9. The first-order chi connectivity index (χ1) is 8.15. The smallest absolute Gasteiger partial charge is 0.229 e. The van der Waals surface area contributed by atoms with E-state index in [2.05, 4.69) is 15.5 Å². The topological polar surface area (TPSA) is 57.8 Å². The summed E-state index contributed by atoms with van der Waals surface area (Å²) in [6.45, 7) is 0. The number of aromatic amines is 1. The molecule has 2 rings (SSSR count). The highest BCUT2D eigenvalue weighted by atomic mass is 19.2. The van der Waals surface area contributed by atoms with Gasteiger partial charge in [0.1, 0.15) is 5.82 Å². The van der Waals surface area contributed by atoms with Crippen LogP contribution in [0.5, 0.6) is 0 Å². The van der Waals surface area contributed by atoms with Gasteiger partial charge in [0.25, 0.3) is 0 Å². The number of amides is 1. The Morgan fingerprint density at radius 1 is 1.29 bits per heavy atom. The van der Waals surface area contributed by atoms with Crippen molar-refractivity contribution in [3.63, 3.8) is 0 Å². The molecule has 0 fully saturated rings. The summed E-state index contributed by atoms with van der Waals surface area (Å²) < 4.78 is 25.5. The number of rotatable bonds is 3. The zero-order chi connectivity index (χ0) is 12.3. The summed E-state index contributed by atoms with van der Waals surface area (Å²) in [5.41, 5.74) is 0.404. The van der Waals surface area contributed by atoms with Crippen LogP contribution < -0.4 is 5.32 Å². The van der Waals surface area contributed by atoms with Gasteiger partial charge in [-0.25, -0.2) is 8.78 Å². The quantitative estimate of drug-likeness (QED) is 0.856. The number of halogens is 2. The molecule has 2 N–H and O–H groups in total. The van der Waals surface area contributed by atoms with Gasteiger partial charge in [-0.3, -0.25) is 9.89 Å². The third kappa shape index (κ3) is 2.87. The molecule has 0 aliphatic heterocycles. The maximum Gasteiger partial charge on any atom is 0.229 e. The van der Waals surface area contributed by atoms with E-state index in [1.165, 1.54) is 12.3 Å². The number of H-pyrrole nitrogens is 1. The SMILES string of the molecule is O=C(Cc1ccc(F)c(F)c1)Nc1ccn[nH]1. The van der Waals surface area contributed by atoms with Gasteiger partial charge in [-0.2, -0.15) is 5.10 Å². The molecule has 0 spiro atoms. The number of nitrogens with zero attached hydrogens (tertiary/aromatic N) is 1. The first-order valence-corrected chi connectivity index (χ1v) is 4.88. The maximum absolute atomic E-state index is 12.9. The Labute approximate surface area is 95.7 Å². The van der Waals surface area contributed by atoms with Gasteiger partial charge in [0.2, 0.25) is 5.91 Å². The molecule has 17 heavy (non-hydrogen) atoms. The molecule has 0 aliphatic rings. The number of carbonyl (C=O) groups excluding carboxylic acids is 1. The van der Waals surface area contributed by atoms with Crippen molar-refractivity contribution >= 4 is 11.7 Å². The van der Waals surface area contributed by atoms with Crippen LogP contribution in [0, 0.1) is 11.6 Å². The lowest BCUT2D eigenvalue weighted by Crippen LogP contribution is -2.14. The zero-order valence-electron chi connectivity index (χ0n) is 8.71. The average molecular weight is 237 g/mol. The molecule has 1 aromatic carbocycles. The Kier molecular flexibility index (Phi) is 3.13. The second-order valence-corrected chi connectivity index (χ2v) is 3.44. The van der Waals surface area contributed by atoms with E-state index in [4.69, 9.17) is 0 Å². The Hall–Kier alpha value is -2.24. The van der Waals surface area contributed by atoms with Crippen LogP contribution in [0.1, 0.15) is 5.56 Å². The Morgan fingerprint density at radius 3 is 2.76 bits per heavy atom. The van der Waals surface area contributed by atoms with Crippen LogP contribution in [0.2, 0.25) is 0 Å². The predicted molar refractivity (Wildman–Crippen MR) is 57.3 cm³/mol. The van der Waals surface area contributed by atoms with Crippen molar-refractivity contribution < 1.29 is 13.6 Å². The van der Waals surface area contributed by atoms with Crippen molar-refractivity contribution in [1.82, 2.24) is 10.2 Å². The van der Waals surface area contributed by atoms with Crippen LogP contribution in [0.15, 0.2) is 30.5 Å². The van der Waals surface area contributed by atoms with Crippen molar-refractivity contribution in [3.8, 4) is 0 Å². The summed E-state index contributed by atoms with van der Waals surface area (Å²) in [6, 6.07) is 4.95. The van der Waals surface area contributed by atoms with E-state index in [1.807, 2.05) is 0 Å². The largest absolute Gasteiger partial charge is 0.311 e. The molecule has 1 amide bonds. The number of hydrogen-bond donors (Lipinski definition) is 2. The van der Waals surface area contributed by atoms with E-state index in [0.717, 1.165) is 12.1 Å². The van der Waals surface area contributed by atoms with Gasteiger partial charge in [0.05, 0.1) is 12.6 Å². The molecule has 1 heterocycles. The molecule has 1 aromatic heterocycles. The van der Waals surface area contributed by atoms with Crippen LogP contribution in [-0.2, 0) is 11.2 Å². The lowest BCUT2D eigenvalue weighted by Gasteiger charge is -2.03. The lowest BCUT2D eigenvalue weighted by atomic mass is 10.1. The molecule has 88 valence electrons. The van der Waals surface area contributed by atoms with Crippen LogP contribution in [0.25, 0.3) is 0 Å². The number of carbonyl (C=O) groups is 1. The molecule has 0 atom stereocenters. The van der Waals surface area contributed by atoms with Crippen molar-refractivity contribution in [2.24, 2.45) is 0 Å². The van der Waals surface area contributed by atoms with Crippen LogP contribution >= 0.6 is 0 Å². The zero-order valence-corrected chi connectivity index (χ0v) is 8.71. The minimum Gasteiger partial charge on any atom is -0.311 e. The second kappa shape index (κ2) is 4.73. The summed E-state index contributed by atoms with van der Waals surface area (Å²) in [4.78, 5) is 11.5. The van der Waals surface area contributed by atoms with Gasteiger partial charge in [0.15, 0.2) is 11.6 Å². The monoisotopic (exact) mass is 237 g/mol. The molecular formula is C11H9F2N3O. The van der Waals surface area contributed by atoms with Crippen LogP contribution in [0.3, 0.4) is 0 Å². The van der Waals surface area contributed by atoms with Crippen LogP contribution in [0.4, 0.5) is 14.6 Å². The number of nitrogens with one attached hydrogen (secondary N) is 2. The summed E-state index contributed by atoms with van der Waals surface area (Å²) in [7, 11) is 0.